The highest BCUT2D eigenvalue weighted by atomic mass is 16.6. The van der Waals surface area contributed by atoms with Crippen LogP contribution in [-0.2, 0) is 6.42 Å². The lowest BCUT2D eigenvalue weighted by molar-refractivity contribution is 0.642. The molecule has 0 bridgehead atoms. The van der Waals surface area contributed by atoms with E-state index in [1.54, 1.807) is 0 Å². The van der Waals surface area contributed by atoms with Crippen molar-refractivity contribution in [1.82, 2.24) is 4.98 Å². The van der Waals surface area contributed by atoms with Crippen LogP contribution in [0.1, 0.15) is 19.0 Å². The summed E-state index contributed by atoms with van der Waals surface area (Å²) < 4.78 is 5.47. The zero-order valence-corrected chi connectivity index (χ0v) is 8.08. The van der Waals surface area contributed by atoms with Gasteiger partial charge in [0.1, 0.15) is 0 Å². The van der Waals surface area contributed by atoms with Crippen molar-refractivity contribution in [1.29, 1.82) is 0 Å². The minimum absolute atomic E-state index is 1.01. The minimum Gasteiger partial charge on any atom is -0.447 e. The Balaban J connectivity index is 2.24. The summed E-state index contributed by atoms with van der Waals surface area (Å²) in [6, 6.07) is 8.13. The van der Waals surface area contributed by atoms with E-state index in [4.69, 9.17) is 4.74 Å². The van der Waals surface area contributed by atoms with E-state index in [1.165, 1.54) is 0 Å². The number of aryl methyl sites for hydroxylation is 1. The third-order valence-corrected chi connectivity index (χ3v) is 2.52. The summed E-state index contributed by atoms with van der Waals surface area (Å²) in [5.74, 6) is 2.06. The minimum atomic E-state index is 1.01. The molecular formula is C12H11NO. The molecule has 0 atom stereocenters. The summed E-state index contributed by atoms with van der Waals surface area (Å²) in [5.41, 5.74) is 2.16. The lowest BCUT2D eigenvalue weighted by Crippen LogP contribution is -1.85. The van der Waals surface area contributed by atoms with Gasteiger partial charge in [0.25, 0.3) is 0 Å². The van der Waals surface area contributed by atoms with Gasteiger partial charge in [-0.05, 0) is 18.6 Å². The summed E-state index contributed by atoms with van der Waals surface area (Å²) >= 11 is 0. The molecule has 0 N–H and O–H groups in total. The summed E-state index contributed by atoms with van der Waals surface area (Å²) in [6.45, 7) is 2.16. The van der Waals surface area contributed by atoms with Gasteiger partial charge in [0.15, 0.2) is 11.5 Å². The predicted molar refractivity (Wildman–Crippen MR) is 55.8 cm³/mol. The van der Waals surface area contributed by atoms with Crippen LogP contribution >= 0.6 is 0 Å². The fourth-order valence-corrected chi connectivity index (χ4v) is 1.81. The number of ether oxygens (including phenoxy) is 1. The average Bonchev–Trinajstić information content (AvgIpc) is 2.98. The van der Waals surface area contributed by atoms with Gasteiger partial charge < -0.3 is 4.74 Å². The first-order valence-electron chi connectivity index (χ1n) is 4.99. The van der Waals surface area contributed by atoms with Crippen LogP contribution in [0.5, 0.6) is 11.5 Å². The third-order valence-electron chi connectivity index (χ3n) is 2.52. The normalized spacial score (nSPS) is 12.4. The highest BCUT2D eigenvalue weighted by Gasteiger charge is 2.28. The summed E-state index contributed by atoms with van der Waals surface area (Å²) in [7, 11) is 0. The van der Waals surface area contributed by atoms with Crippen LogP contribution < -0.4 is 4.74 Å². The van der Waals surface area contributed by atoms with E-state index >= 15 is 0 Å². The Labute approximate surface area is 82.5 Å². The molecule has 1 aromatic heterocycles. The first-order valence-corrected chi connectivity index (χ1v) is 4.99. The van der Waals surface area contributed by atoms with Crippen molar-refractivity contribution in [3.8, 4) is 11.5 Å². The fourth-order valence-electron chi connectivity index (χ4n) is 1.81. The number of pyridine rings is 1. The molecule has 3 rings (SSSR count). The van der Waals surface area contributed by atoms with Crippen LogP contribution in [0.2, 0.25) is 0 Å². The van der Waals surface area contributed by atoms with Gasteiger partial charge in [-0.2, -0.15) is 0 Å². The number of fused-ring (bicyclic) bond motifs is 3. The maximum Gasteiger partial charge on any atom is 0.192 e. The summed E-state index contributed by atoms with van der Waals surface area (Å²) in [4.78, 5) is 4.59. The number of para-hydroxylation sites is 1. The number of benzene rings is 1. The van der Waals surface area contributed by atoms with Gasteiger partial charge >= 0.3 is 0 Å². The van der Waals surface area contributed by atoms with Gasteiger partial charge in [0.2, 0.25) is 0 Å². The average molecular weight is 185 g/mol. The number of nitrogens with zero attached hydrogens (tertiary/aromatic N) is 1. The maximum atomic E-state index is 5.47. The van der Waals surface area contributed by atoms with Crippen LogP contribution in [0.3, 0.4) is 0 Å². The molecule has 0 fully saturated rings. The van der Waals surface area contributed by atoms with E-state index in [9.17, 15) is 0 Å². The second kappa shape index (κ2) is 2.71. The van der Waals surface area contributed by atoms with Crippen LogP contribution in [0.15, 0.2) is 24.3 Å². The Kier molecular flexibility index (Phi) is 1.51. The largest absolute Gasteiger partial charge is 0.447 e. The molecule has 1 aromatic carbocycles. The Hall–Kier alpha value is -1.57. The van der Waals surface area contributed by atoms with E-state index in [2.05, 4.69) is 18.0 Å². The van der Waals surface area contributed by atoms with E-state index in [1.807, 2.05) is 18.2 Å². The molecule has 2 heteroatoms. The molecule has 2 nitrogen and oxygen atoms in total. The Morgan fingerprint density at radius 2 is 2.07 bits per heavy atom. The Morgan fingerprint density at radius 1 is 1.21 bits per heavy atom. The first kappa shape index (κ1) is 7.80. The van der Waals surface area contributed by atoms with Crippen molar-refractivity contribution in [3.63, 3.8) is 0 Å². The zero-order valence-electron chi connectivity index (χ0n) is 8.08. The molecule has 0 spiro atoms. The van der Waals surface area contributed by atoms with Crippen molar-refractivity contribution < 1.29 is 4.74 Å². The van der Waals surface area contributed by atoms with Crippen LogP contribution in [0.4, 0.5) is 0 Å². The van der Waals surface area contributed by atoms with Gasteiger partial charge in [0.05, 0.1) is 11.2 Å². The van der Waals surface area contributed by atoms with Gasteiger partial charge in [-0.15, -0.1) is 0 Å². The van der Waals surface area contributed by atoms with E-state index in [0.29, 0.717) is 0 Å². The highest BCUT2D eigenvalue weighted by molar-refractivity contribution is 5.92. The quantitative estimate of drug-likeness (QED) is 0.572. The molecule has 0 saturated carbocycles. The topological polar surface area (TPSA) is 25.4 Å². The molecule has 1 aliphatic rings. The molecule has 0 unspecified atom stereocenters. The molecule has 14 heavy (non-hydrogen) atoms. The van der Waals surface area contributed by atoms with E-state index in [0.717, 1.165) is 40.9 Å². The number of hydrogen-bond donors (Lipinski definition) is 0. The molecular weight excluding hydrogens is 174 g/mol. The van der Waals surface area contributed by atoms with Crippen molar-refractivity contribution in [2.24, 2.45) is 0 Å². The van der Waals surface area contributed by atoms with Gasteiger partial charge in [0, 0.05) is 5.39 Å². The number of aromatic nitrogens is 1. The van der Waals surface area contributed by atoms with Crippen LogP contribution in [0.25, 0.3) is 10.9 Å². The predicted octanol–water partition coefficient (Wildman–Crippen LogP) is 3.29. The smallest absolute Gasteiger partial charge is 0.192 e. The van der Waals surface area contributed by atoms with Crippen molar-refractivity contribution in [2.75, 3.05) is 0 Å². The summed E-state index contributed by atoms with van der Waals surface area (Å²) in [5, 5.41) is 1.14. The van der Waals surface area contributed by atoms with Crippen molar-refractivity contribution in [2.45, 2.75) is 19.8 Å². The number of hydrogen-bond acceptors (Lipinski definition) is 2. The summed E-state index contributed by atoms with van der Waals surface area (Å²) in [6.07, 6.45) is 2.12. The Bertz CT molecular complexity index is 505. The van der Waals surface area contributed by atoms with Gasteiger partial charge in [-0.3, -0.25) is 0 Å². The van der Waals surface area contributed by atoms with Crippen LogP contribution in [0, 0.1) is 0 Å². The lowest BCUT2D eigenvalue weighted by atomic mass is 10.1. The molecule has 0 saturated heterocycles. The molecule has 2 heterocycles. The second-order valence-electron chi connectivity index (χ2n) is 3.59. The van der Waals surface area contributed by atoms with Gasteiger partial charge in [-0.1, -0.05) is 25.5 Å². The molecule has 0 aliphatic carbocycles. The molecule has 1 aliphatic heterocycles. The molecule has 70 valence electrons. The van der Waals surface area contributed by atoms with Crippen molar-refractivity contribution in [3.05, 3.63) is 30.0 Å². The van der Waals surface area contributed by atoms with Crippen LogP contribution in [-0.4, -0.2) is 4.98 Å². The fraction of sp³-hybridized carbons (Fsp3) is 0.250. The van der Waals surface area contributed by atoms with Crippen molar-refractivity contribution >= 4 is 10.9 Å². The SMILES string of the molecule is CCCc1nc2ccccc2c2c1O2. The third kappa shape index (κ3) is 1.00. The standard InChI is InChI=1S/C12H11NO/c1-2-5-10-12-11(14-12)8-6-3-4-7-9(8)13-10/h3-4,6-7H,2,5H2,1H3. The first-order chi connectivity index (χ1) is 6.90. The number of rotatable bonds is 2. The lowest BCUT2D eigenvalue weighted by Gasteiger charge is -1.95. The van der Waals surface area contributed by atoms with E-state index < -0.39 is 0 Å². The van der Waals surface area contributed by atoms with Gasteiger partial charge in [-0.25, -0.2) is 4.98 Å². The molecule has 0 radical (unpaired) electrons. The monoisotopic (exact) mass is 185 g/mol. The van der Waals surface area contributed by atoms with E-state index in [-0.39, 0.29) is 0 Å². The maximum absolute atomic E-state index is 5.47. The highest BCUT2D eigenvalue weighted by Crippen LogP contribution is 2.52. The second-order valence-corrected chi connectivity index (χ2v) is 3.59. The molecule has 2 aromatic rings. The zero-order chi connectivity index (χ0) is 9.54. The Morgan fingerprint density at radius 3 is 2.93 bits per heavy atom. The molecule has 0 amide bonds.